The minimum absolute atomic E-state index is 0.267. The average molecular weight is 300 g/mol. The molecule has 2 rings (SSSR count). The summed E-state index contributed by atoms with van der Waals surface area (Å²) in [5.41, 5.74) is -0.302. The van der Waals surface area contributed by atoms with Crippen LogP contribution in [-0.4, -0.2) is 12.0 Å². The first-order valence-corrected chi connectivity index (χ1v) is 7.70. The van der Waals surface area contributed by atoms with Crippen LogP contribution in [0.5, 0.6) is 0 Å². The summed E-state index contributed by atoms with van der Waals surface area (Å²) in [6.45, 7) is 0. The molecule has 0 bridgehead atoms. The fourth-order valence-corrected chi connectivity index (χ4v) is 3.28. The molecule has 21 heavy (non-hydrogen) atoms. The van der Waals surface area contributed by atoms with Crippen LogP contribution in [0.2, 0.25) is 0 Å². The number of nitrogens with one attached hydrogen (secondary N) is 1. The molecule has 1 saturated carbocycles. The Morgan fingerprint density at radius 2 is 2.00 bits per heavy atom. The minimum atomic E-state index is -4.32. The van der Waals surface area contributed by atoms with Crippen molar-refractivity contribution in [3.63, 3.8) is 0 Å². The summed E-state index contributed by atoms with van der Waals surface area (Å²) < 4.78 is 39.3. The quantitative estimate of drug-likeness (QED) is 0.851. The van der Waals surface area contributed by atoms with Gasteiger partial charge in [-0.1, -0.05) is 32.1 Å². The molecule has 1 aromatic rings. The normalized spacial score (nSPS) is 18.7. The van der Waals surface area contributed by atoms with Gasteiger partial charge in [0, 0.05) is 18.4 Å². The Balaban J connectivity index is 2.06. The van der Waals surface area contributed by atoms with Crippen molar-refractivity contribution < 1.29 is 13.2 Å². The highest BCUT2D eigenvalue weighted by Gasteiger charge is 2.35. The standard InChI is InChI=1S/C16H23F3N2/c1-20-15(8-7-12-5-3-2-4-6-12)13-11-21-10-9-14(13)16(17,18)19/h9-12,15,20H,2-8H2,1H3. The van der Waals surface area contributed by atoms with Crippen LogP contribution in [0.3, 0.4) is 0 Å². The monoisotopic (exact) mass is 300 g/mol. The van der Waals surface area contributed by atoms with Crippen molar-refractivity contribution in [2.24, 2.45) is 5.92 Å². The molecule has 0 spiro atoms. The van der Waals surface area contributed by atoms with Crippen molar-refractivity contribution in [3.05, 3.63) is 29.6 Å². The molecule has 1 N–H and O–H groups in total. The lowest BCUT2D eigenvalue weighted by Gasteiger charge is -2.25. The third kappa shape index (κ3) is 4.43. The number of hydrogen-bond donors (Lipinski definition) is 1. The number of aromatic nitrogens is 1. The second-order valence-corrected chi connectivity index (χ2v) is 5.88. The van der Waals surface area contributed by atoms with Gasteiger partial charge < -0.3 is 5.32 Å². The Bertz CT molecular complexity index is 439. The van der Waals surface area contributed by atoms with Crippen LogP contribution < -0.4 is 5.32 Å². The number of alkyl halides is 3. The molecular formula is C16H23F3N2. The van der Waals surface area contributed by atoms with E-state index in [0.717, 1.165) is 18.9 Å². The van der Waals surface area contributed by atoms with E-state index in [1.165, 1.54) is 44.5 Å². The summed E-state index contributed by atoms with van der Waals surface area (Å²) >= 11 is 0. The molecule has 118 valence electrons. The minimum Gasteiger partial charge on any atom is -0.313 e. The molecule has 0 saturated heterocycles. The van der Waals surface area contributed by atoms with Gasteiger partial charge in [0.15, 0.2) is 0 Å². The van der Waals surface area contributed by atoms with Crippen molar-refractivity contribution >= 4 is 0 Å². The molecule has 0 aromatic carbocycles. The van der Waals surface area contributed by atoms with Crippen LogP contribution in [0.25, 0.3) is 0 Å². The van der Waals surface area contributed by atoms with Crippen molar-refractivity contribution in [2.45, 2.75) is 57.2 Å². The first-order chi connectivity index (χ1) is 10.0. The van der Waals surface area contributed by atoms with Crippen LogP contribution >= 0.6 is 0 Å². The molecule has 1 aromatic heterocycles. The Hall–Kier alpha value is -1.10. The lowest BCUT2D eigenvalue weighted by atomic mass is 9.84. The van der Waals surface area contributed by atoms with Crippen LogP contribution in [0.4, 0.5) is 13.2 Å². The summed E-state index contributed by atoms with van der Waals surface area (Å²) in [4.78, 5) is 3.88. The molecule has 2 nitrogen and oxygen atoms in total. The molecular weight excluding hydrogens is 277 g/mol. The third-order valence-electron chi connectivity index (χ3n) is 4.47. The number of rotatable bonds is 5. The van der Waals surface area contributed by atoms with Crippen LogP contribution in [0, 0.1) is 5.92 Å². The Kier molecular flexibility index (Phi) is 5.62. The highest BCUT2D eigenvalue weighted by molar-refractivity contribution is 5.29. The average Bonchev–Trinajstić information content (AvgIpc) is 2.48. The van der Waals surface area contributed by atoms with Gasteiger partial charge in [0.25, 0.3) is 0 Å². The van der Waals surface area contributed by atoms with E-state index >= 15 is 0 Å². The molecule has 1 atom stereocenters. The molecule has 0 aliphatic heterocycles. The number of nitrogens with zero attached hydrogens (tertiary/aromatic N) is 1. The lowest BCUT2D eigenvalue weighted by Crippen LogP contribution is -2.22. The maximum absolute atomic E-state index is 13.1. The number of halogens is 3. The van der Waals surface area contributed by atoms with Crippen LogP contribution in [-0.2, 0) is 6.18 Å². The lowest BCUT2D eigenvalue weighted by molar-refractivity contribution is -0.138. The van der Waals surface area contributed by atoms with Crippen molar-refractivity contribution in [3.8, 4) is 0 Å². The second-order valence-electron chi connectivity index (χ2n) is 5.88. The summed E-state index contributed by atoms with van der Waals surface area (Å²) in [5.74, 6) is 0.667. The molecule has 1 unspecified atom stereocenters. The van der Waals surface area contributed by atoms with E-state index in [1.807, 2.05) is 0 Å². The van der Waals surface area contributed by atoms with Gasteiger partial charge in [0.2, 0.25) is 0 Å². The fourth-order valence-electron chi connectivity index (χ4n) is 3.28. The number of pyridine rings is 1. The van der Waals surface area contributed by atoms with E-state index in [2.05, 4.69) is 10.3 Å². The van der Waals surface area contributed by atoms with E-state index in [9.17, 15) is 13.2 Å². The largest absolute Gasteiger partial charge is 0.416 e. The first-order valence-electron chi connectivity index (χ1n) is 7.70. The molecule has 1 aliphatic rings. The third-order valence-corrected chi connectivity index (χ3v) is 4.47. The summed E-state index contributed by atoms with van der Waals surface area (Å²) in [6, 6.07) is 0.789. The van der Waals surface area contributed by atoms with Gasteiger partial charge in [-0.15, -0.1) is 0 Å². The molecule has 1 heterocycles. The fraction of sp³-hybridized carbons (Fsp3) is 0.688. The predicted octanol–water partition coefficient (Wildman–Crippen LogP) is 4.72. The van der Waals surface area contributed by atoms with Crippen molar-refractivity contribution in [1.29, 1.82) is 0 Å². The molecule has 0 amide bonds. The van der Waals surface area contributed by atoms with Gasteiger partial charge in [0.05, 0.1) is 5.56 Å². The molecule has 0 radical (unpaired) electrons. The van der Waals surface area contributed by atoms with Crippen LogP contribution in [0.1, 0.15) is 62.1 Å². The van der Waals surface area contributed by atoms with Crippen LogP contribution in [0.15, 0.2) is 18.5 Å². The Morgan fingerprint density at radius 3 is 2.62 bits per heavy atom. The van der Waals surface area contributed by atoms with E-state index in [0.29, 0.717) is 5.92 Å². The van der Waals surface area contributed by atoms with E-state index < -0.39 is 11.7 Å². The maximum Gasteiger partial charge on any atom is 0.416 e. The van der Waals surface area contributed by atoms with Crippen molar-refractivity contribution in [2.75, 3.05) is 7.05 Å². The Labute approximate surface area is 124 Å². The molecule has 5 heteroatoms. The summed E-state index contributed by atoms with van der Waals surface area (Å²) in [5, 5.41) is 3.03. The maximum atomic E-state index is 13.1. The topological polar surface area (TPSA) is 24.9 Å². The van der Waals surface area contributed by atoms with Gasteiger partial charge in [0.1, 0.15) is 0 Å². The zero-order valence-corrected chi connectivity index (χ0v) is 12.4. The smallest absolute Gasteiger partial charge is 0.313 e. The number of hydrogen-bond acceptors (Lipinski definition) is 2. The highest BCUT2D eigenvalue weighted by Crippen LogP contribution is 2.36. The summed E-state index contributed by atoms with van der Waals surface area (Å²) in [6.07, 6.45) is 6.21. The van der Waals surface area contributed by atoms with Gasteiger partial charge in [-0.05, 0) is 37.4 Å². The van der Waals surface area contributed by atoms with Gasteiger partial charge in [-0.2, -0.15) is 13.2 Å². The predicted molar refractivity (Wildman–Crippen MR) is 76.8 cm³/mol. The van der Waals surface area contributed by atoms with Crippen molar-refractivity contribution in [1.82, 2.24) is 10.3 Å². The van der Waals surface area contributed by atoms with Gasteiger partial charge in [-0.3, -0.25) is 4.98 Å². The molecule has 1 aliphatic carbocycles. The summed E-state index contributed by atoms with van der Waals surface area (Å²) in [7, 11) is 1.72. The Morgan fingerprint density at radius 1 is 1.29 bits per heavy atom. The van der Waals surface area contributed by atoms with Gasteiger partial charge in [-0.25, -0.2) is 0 Å². The molecule has 1 fully saturated rings. The van der Waals surface area contributed by atoms with E-state index in [-0.39, 0.29) is 11.6 Å². The van der Waals surface area contributed by atoms with E-state index in [4.69, 9.17) is 0 Å². The first kappa shape index (κ1) is 16.3. The van der Waals surface area contributed by atoms with E-state index in [1.54, 1.807) is 7.05 Å². The second kappa shape index (κ2) is 7.25. The zero-order chi connectivity index (χ0) is 15.3. The zero-order valence-electron chi connectivity index (χ0n) is 12.4. The van der Waals surface area contributed by atoms with Gasteiger partial charge >= 0.3 is 6.18 Å². The highest BCUT2D eigenvalue weighted by atomic mass is 19.4. The SMILES string of the molecule is CNC(CCC1CCCCC1)c1cnccc1C(F)(F)F.